The zero-order valence-corrected chi connectivity index (χ0v) is 15.3. The minimum Gasteiger partial charge on any atom is -0.458 e. The van der Waals surface area contributed by atoms with E-state index >= 15 is 0 Å². The molecular weight excluding hydrogens is 308 g/mol. The molecule has 1 aromatic rings. The topological polar surface area (TPSA) is 78.3 Å². The fraction of sp³-hybridized carbons (Fsp3) is 0.611. The van der Waals surface area contributed by atoms with Crippen molar-refractivity contribution >= 4 is 27.4 Å². The van der Waals surface area contributed by atoms with Gasteiger partial charge in [0.15, 0.2) is 0 Å². The van der Waals surface area contributed by atoms with Gasteiger partial charge in [0.05, 0.1) is 0 Å². The lowest BCUT2D eigenvalue weighted by Gasteiger charge is -2.43. The maximum atomic E-state index is 12.4. The summed E-state index contributed by atoms with van der Waals surface area (Å²) in [6.45, 7) is 1.98. The molecule has 5 heteroatoms. The standard InChI is InChI=1S/C18H30N2O2S/c1-13(12-23(2,3)14-8-5-4-6-9-14)22-18(21)17-15(19)10-7-11-16(17)20/h7,10-11,13-14H,4-6,8-9,12,19-20H2,1-3H3. The van der Waals surface area contributed by atoms with Gasteiger partial charge in [-0.2, -0.15) is 0 Å². The predicted molar refractivity (Wildman–Crippen MR) is 101 cm³/mol. The number of nitrogen functional groups attached to an aromatic ring is 2. The Kier molecular flexibility index (Phi) is 5.84. The van der Waals surface area contributed by atoms with Crippen molar-refractivity contribution in [3.63, 3.8) is 0 Å². The number of carbonyl (C=O) groups excluding carboxylic acids is 1. The van der Waals surface area contributed by atoms with E-state index in [0.29, 0.717) is 16.9 Å². The van der Waals surface area contributed by atoms with Crippen LogP contribution in [0.4, 0.5) is 11.4 Å². The number of nitrogens with two attached hydrogens (primary N) is 2. The fourth-order valence-electron chi connectivity index (χ4n) is 3.54. The summed E-state index contributed by atoms with van der Waals surface area (Å²) in [6.07, 6.45) is 11.3. The van der Waals surface area contributed by atoms with Crippen LogP contribution >= 0.6 is 10.0 Å². The van der Waals surface area contributed by atoms with Crippen molar-refractivity contribution in [3.8, 4) is 0 Å². The molecule has 1 aliphatic rings. The van der Waals surface area contributed by atoms with Gasteiger partial charge < -0.3 is 16.2 Å². The second-order valence-electron chi connectivity index (χ2n) is 7.08. The van der Waals surface area contributed by atoms with Gasteiger partial charge in [0.2, 0.25) is 0 Å². The minimum absolute atomic E-state index is 0.117. The van der Waals surface area contributed by atoms with Gasteiger partial charge >= 0.3 is 5.97 Å². The van der Waals surface area contributed by atoms with Crippen molar-refractivity contribution in [2.75, 3.05) is 29.7 Å². The zero-order chi connectivity index (χ0) is 17.0. The zero-order valence-electron chi connectivity index (χ0n) is 14.5. The van der Waals surface area contributed by atoms with Crippen LogP contribution in [0.1, 0.15) is 49.4 Å². The van der Waals surface area contributed by atoms with E-state index in [1.54, 1.807) is 18.2 Å². The Hall–Kier alpha value is -1.36. The van der Waals surface area contributed by atoms with Gasteiger partial charge in [-0.15, -0.1) is 0 Å². The first-order valence-corrected chi connectivity index (χ1v) is 11.0. The summed E-state index contributed by atoms with van der Waals surface area (Å²) >= 11 is 0. The van der Waals surface area contributed by atoms with Crippen molar-refractivity contribution in [3.05, 3.63) is 23.8 Å². The van der Waals surface area contributed by atoms with Crippen molar-refractivity contribution in [2.24, 2.45) is 0 Å². The number of hydrogen-bond acceptors (Lipinski definition) is 4. The second-order valence-corrected chi connectivity index (χ2v) is 11.3. The molecule has 0 spiro atoms. The van der Waals surface area contributed by atoms with Gasteiger partial charge in [-0.05, 0) is 49.7 Å². The van der Waals surface area contributed by atoms with Crippen molar-refractivity contribution in [1.82, 2.24) is 0 Å². The summed E-state index contributed by atoms with van der Waals surface area (Å²) in [5.41, 5.74) is 12.8. The Bertz CT molecular complexity index is 534. The molecule has 1 aromatic carbocycles. The van der Waals surface area contributed by atoms with E-state index in [2.05, 4.69) is 12.5 Å². The van der Waals surface area contributed by atoms with Crippen LogP contribution in [0.2, 0.25) is 0 Å². The van der Waals surface area contributed by atoms with Crippen molar-refractivity contribution in [1.29, 1.82) is 0 Å². The third-order valence-corrected chi connectivity index (χ3v) is 8.36. The predicted octanol–water partition coefficient (Wildman–Crippen LogP) is 3.79. The SMILES string of the molecule is CC(CS(C)(C)C1CCCCC1)OC(=O)c1c(N)cccc1N. The molecule has 4 nitrogen and oxygen atoms in total. The highest BCUT2D eigenvalue weighted by atomic mass is 32.3. The monoisotopic (exact) mass is 338 g/mol. The average Bonchev–Trinajstić information content (AvgIpc) is 2.47. The molecule has 1 atom stereocenters. The van der Waals surface area contributed by atoms with Crippen LogP contribution in [0.3, 0.4) is 0 Å². The Morgan fingerprint density at radius 2 is 1.78 bits per heavy atom. The highest BCUT2D eigenvalue weighted by Crippen LogP contribution is 2.51. The van der Waals surface area contributed by atoms with Gasteiger partial charge in [-0.1, -0.05) is 25.3 Å². The van der Waals surface area contributed by atoms with E-state index in [4.69, 9.17) is 16.2 Å². The summed E-state index contributed by atoms with van der Waals surface area (Å²) in [5.74, 6) is 0.530. The van der Waals surface area contributed by atoms with E-state index < -0.39 is 16.0 Å². The van der Waals surface area contributed by atoms with Crippen LogP contribution in [-0.2, 0) is 4.74 Å². The van der Waals surface area contributed by atoms with Gasteiger partial charge in [0.1, 0.15) is 11.7 Å². The van der Waals surface area contributed by atoms with Crippen LogP contribution in [0.5, 0.6) is 0 Å². The van der Waals surface area contributed by atoms with Gasteiger partial charge in [-0.25, -0.2) is 14.8 Å². The third-order valence-electron chi connectivity index (χ3n) is 4.76. The molecule has 1 unspecified atom stereocenters. The molecule has 23 heavy (non-hydrogen) atoms. The molecule has 0 saturated heterocycles. The lowest BCUT2D eigenvalue weighted by molar-refractivity contribution is 0.0387. The Balaban J connectivity index is 1.98. The molecule has 130 valence electrons. The molecule has 1 fully saturated rings. The summed E-state index contributed by atoms with van der Waals surface area (Å²) in [4.78, 5) is 12.4. The summed E-state index contributed by atoms with van der Waals surface area (Å²) in [7, 11) is -0.770. The molecule has 0 aromatic heterocycles. The van der Waals surface area contributed by atoms with E-state index in [-0.39, 0.29) is 6.10 Å². The molecule has 1 saturated carbocycles. The van der Waals surface area contributed by atoms with Crippen LogP contribution in [0.25, 0.3) is 0 Å². The summed E-state index contributed by atoms with van der Waals surface area (Å²) < 4.78 is 5.65. The molecular formula is C18H30N2O2S. The van der Waals surface area contributed by atoms with Crippen molar-refractivity contribution in [2.45, 2.75) is 50.4 Å². The number of carbonyl (C=O) groups is 1. The second kappa shape index (κ2) is 7.47. The number of ether oxygens (including phenoxy) is 1. The van der Waals surface area contributed by atoms with Crippen LogP contribution in [0, 0.1) is 0 Å². The van der Waals surface area contributed by atoms with Gasteiger partial charge in [-0.3, -0.25) is 0 Å². The molecule has 0 radical (unpaired) electrons. The lowest BCUT2D eigenvalue weighted by atomic mass is 10.0. The molecule has 0 heterocycles. The largest absolute Gasteiger partial charge is 0.458 e. The normalized spacial score (nSPS) is 18.4. The first-order chi connectivity index (χ1) is 10.8. The third kappa shape index (κ3) is 4.56. The highest BCUT2D eigenvalue weighted by molar-refractivity contribution is 8.33. The van der Waals surface area contributed by atoms with Crippen LogP contribution in [-0.4, -0.2) is 35.6 Å². The smallest absolute Gasteiger partial charge is 0.342 e. The molecule has 0 amide bonds. The van der Waals surface area contributed by atoms with Crippen LogP contribution in [0.15, 0.2) is 18.2 Å². The molecule has 0 aliphatic heterocycles. The summed E-state index contributed by atoms with van der Waals surface area (Å²) in [5, 5.41) is 0.796. The van der Waals surface area contributed by atoms with E-state index in [9.17, 15) is 4.79 Å². The van der Waals surface area contributed by atoms with Crippen LogP contribution < -0.4 is 11.5 Å². The number of anilines is 2. The summed E-state index contributed by atoms with van der Waals surface area (Å²) in [6, 6.07) is 5.09. The minimum atomic E-state index is -0.770. The fourth-order valence-corrected chi connectivity index (χ4v) is 6.70. The Morgan fingerprint density at radius 1 is 1.22 bits per heavy atom. The quantitative estimate of drug-likeness (QED) is 0.632. The first-order valence-electron chi connectivity index (χ1n) is 8.36. The molecule has 0 bridgehead atoms. The van der Waals surface area contributed by atoms with E-state index in [1.807, 2.05) is 6.92 Å². The number of benzene rings is 1. The number of rotatable bonds is 5. The van der Waals surface area contributed by atoms with Gasteiger partial charge in [0.25, 0.3) is 0 Å². The highest BCUT2D eigenvalue weighted by Gasteiger charge is 2.29. The molecule has 2 rings (SSSR count). The number of hydrogen-bond donors (Lipinski definition) is 2. The molecule has 1 aliphatic carbocycles. The average molecular weight is 339 g/mol. The van der Waals surface area contributed by atoms with Crippen molar-refractivity contribution < 1.29 is 9.53 Å². The van der Waals surface area contributed by atoms with Gasteiger partial charge in [0, 0.05) is 17.1 Å². The molecule has 4 N–H and O–H groups in total. The maximum Gasteiger partial charge on any atom is 0.342 e. The Morgan fingerprint density at radius 3 is 2.35 bits per heavy atom. The first kappa shape index (κ1) is 18.0. The lowest BCUT2D eigenvalue weighted by Crippen LogP contribution is -2.29. The van der Waals surface area contributed by atoms with E-state index in [1.165, 1.54) is 32.1 Å². The van der Waals surface area contributed by atoms with E-state index in [0.717, 1.165) is 11.0 Å². The number of esters is 1. The maximum absolute atomic E-state index is 12.4. The Labute approximate surface area is 141 Å².